The number of fused-ring (bicyclic) bond motifs is 1. The largest absolute Gasteiger partial charge is 0.335 e. The first-order chi connectivity index (χ1) is 15.1. The number of halogens is 1. The van der Waals surface area contributed by atoms with E-state index in [4.69, 9.17) is 0 Å². The number of imidazole rings is 1. The number of rotatable bonds is 4. The Kier molecular flexibility index (Phi) is 5.13. The minimum atomic E-state index is -0.328. The molecule has 0 spiro atoms. The van der Waals surface area contributed by atoms with Crippen molar-refractivity contribution in [3.63, 3.8) is 0 Å². The van der Waals surface area contributed by atoms with Crippen LogP contribution in [0.5, 0.6) is 0 Å². The minimum absolute atomic E-state index is 0.0260. The molecule has 0 radical (unpaired) electrons. The van der Waals surface area contributed by atoms with Gasteiger partial charge in [0.2, 0.25) is 5.91 Å². The average molecular weight is 421 g/mol. The fraction of sp³-hybridized carbons (Fsp3) is 0.391. The molecular weight excluding hydrogens is 397 g/mol. The average Bonchev–Trinajstić information content (AvgIpc) is 3.45. The number of carbonyl (C=O) groups is 2. The van der Waals surface area contributed by atoms with Gasteiger partial charge in [0.1, 0.15) is 17.9 Å². The van der Waals surface area contributed by atoms with Gasteiger partial charge in [0, 0.05) is 37.4 Å². The smallest absolute Gasteiger partial charge is 0.256 e. The van der Waals surface area contributed by atoms with Crippen molar-refractivity contribution in [2.45, 2.75) is 38.3 Å². The third-order valence-corrected chi connectivity index (χ3v) is 6.30. The van der Waals surface area contributed by atoms with Crippen LogP contribution in [0.3, 0.4) is 0 Å². The van der Waals surface area contributed by atoms with Gasteiger partial charge in [-0.15, -0.1) is 0 Å². The van der Waals surface area contributed by atoms with Gasteiger partial charge in [-0.3, -0.25) is 9.59 Å². The molecule has 0 N–H and O–H groups in total. The van der Waals surface area contributed by atoms with Gasteiger partial charge in [-0.1, -0.05) is 31.0 Å². The number of hydrogen-bond donors (Lipinski definition) is 0. The Balaban J connectivity index is 1.28. The summed E-state index contributed by atoms with van der Waals surface area (Å²) in [5.74, 6) is -0.753. The summed E-state index contributed by atoms with van der Waals surface area (Å²) in [6.07, 6.45) is 8.09. The van der Waals surface area contributed by atoms with Crippen molar-refractivity contribution in [1.29, 1.82) is 0 Å². The van der Waals surface area contributed by atoms with E-state index in [0.717, 1.165) is 18.5 Å². The Labute approximate surface area is 179 Å². The van der Waals surface area contributed by atoms with Crippen molar-refractivity contribution in [2.75, 3.05) is 19.6 Å². The SMILES string of the molecule is O=C1CN(C(=O)c2cnc3c(c2)ncn3C2CCCC2)CCN1Cc1ccccc1F. The molecule has 2 amide bonds. The summed E-state index contributed by atoms with van der Waals surface area (Å²) in [5, 5.41) is 0. The van der Waals surface area contributed by atoms with Crippen LogP contribution >= 0.6 is 0 Å². The molecule has 5 rings (SSSR count). The maximum absolute atomic E-state index is 13.9. The molecule has 3 aromatic rings. The Hall–Kier alpha value is -3.29. The Morgan fingerprint density at radius 3 is 2.71 bits per heavy atom. The molecule has 7 nitrogen and oxygen atoms in total. The molecule has 1 aromatic carbocycles. The first-order valence-corrected chi connectivity index (χ1v) is 10.7. The van der Waals surface area contributed by atoms with Crippen LogP contribution in [-0.4, -0.2) is 55.8 Å². The van der Waals surface area contributed by atoms with E-state index in [1.54, 1.807) is 35.4 Å². The Morgan fingerprint density at radius 2 is 1.94 bits per heavy atom. The van der Waals surface area contributed by atoms with E-state index in [-0.39, 0.29) is 30.7 Å². The predicted octanol–water partition coefficient (Wildman–Crippen LogP) is 3.17. The molecule has 0 bridgehead atoms. The van der Waals surface area contributed by atoms with Gasteiger partial charge >= 0.3 is 0 Å². The van der Waals surface area contributed by atoms with E-state index in [1.165, 1.54) is 23.8 Å². The summed E-state index contributed by atoms with van der Waals surface area (Å²) in [6, 6.07) is 8.62. The van der Waals surface area contributed by atoms with Crippen molar-refractivity contribution in [3.8, 4) is 0 Å². The maximum atomic E-state index is 13.9. The summed E-state index contributed by atoms with van der Waals surface area (Å²) in [4.78, 5) is 37.7. The highest BCUT2D eigenvalue weighted by Gasteiger charge is 2.29. The highest BCUT2D eigenvalue weighted by molar-refractivity contribution is 5.98. The molecule has 2 aliphatic rings. The molecular formula is C23H24FN5O2. The van der Waals surface area contributed by atoms with Crippen molar-refractivity contribution < 1.29 is 14.0 Å². The van der Waals surface area contributed by atoms with Crippen LogP contribution in [-0.2, 0) is 11.3 Å². The van der Waals surface area contributed by atoms with Crippen LogP contribution in [0, 0.1) is 5.82 Å². The van der Waals surface area contributed by atoms with Crippen LogP contribution in [0.15, 0.2) is 42.9 Å². The zero-order chi connectivity index (χ0) is 21.4. The van der Waals surface area contributed by atoms with E-state index >= 15 is 0 Å². The lowest BCUT2D eigenvalue weighted by molar-refractivity contribution is -0.135. The lowest BCUT2D eigenvalue weighted by Gasteiger charge is -2.34. The molecule has 3 heterocycles. The summed E-state index contributed by atoms with van der Waals surface area (Å²) < 4.78 is 16.0. The molecule has 1 aliphatic heterocycles. The quantitative estimate of drug-likeness (QED) is 0.649. The zero-order valence-corrected chi connectivity index (χ0v) is 17.2. The van der Waals surface area contributed by atoms with E-state index in [0.29, 0.717) is 35.8 Å². The molecule has 1 saturated carbocycles. The van der Waals surface area contributed by atoms with Gasteiger partial charge in [-0.2, -0.15) is 0 Å². The Bertz CT molecular complexity index is 1140. The van der Waals surface area contributed by atoms with E-state index in [1.807, 2.05) is 6.33 Å². The van der Waals surface area contributed by atoms with E-state index < -0.39 is 0 Å². The molecule has 0 atom stereocenters. The van der Waals surface area contributed by atoms with E-state index in [9.17, 15) is 14.0 Å². The molecule has 31 heavy (non-hydrogen) atoms. The fourth-order valence-corrected chi connectivity index (χ4v) is 4.55. The first-order valence-electron chi connectivity index (χ1n) is 10.7. The van der Waals surface area contributed by atoms with Crippen molar-refractivity contribution in [1.82, 2.24) is 24.3 Å². The monoisotopic (exact) mass is 421 g/mol. The Morgan fingerprint density at radius 1 is 1.13 bits per heavy atom. The molecule has 2 aromatic heterocycles. The van der Waals surface area contributed by atoms with Crippen LogP contribution in [0.1, 0.15) is 47.6 Å². The second-order valence-corrected chi connectivity index (χ2v) is 8.29. The number of carbonyl (C=O) groups excluding carboxylic acids is 2. The zero-order valence-electron chi connectivity index (χ0n) is 17.2. The number of pyridine rings is 1. The van der Waals surface area contributed by atoms with Crippen molar-refractivity contribution in [3.05, 3.63) is 59.8 Å². The van der Waals surface area contributed by atoms with Crippen LogP contribution in [0.25, 0.3) is 11.2 Å². The standard InChI is InChI=1S/C23H24FN5O2/c24-19-8-4-1-5-16(19)13-27-9-10-28(14-21(27)30)23(31)17-11-20-22(25-12-17)29(15-26-20)18-6-2-3-7-18/h1,4-5,8,11-12,15,18H,2-3,6-7,9-10,13-14H2. The normalized spacial score (nSPS) is 17.6. The lowest BCUT2D eigenvalue weighted by atomic mass is 10.1. The van der Waals surface area contributed by atoms with Gasteiger partial charge < -0.3 is 14.4 Å². The van der Waals surface area contributed by atoms with Crippen LogP contribution in [0.4, 0.5) is 4.39 Å². The molecule has 1 saturated heterocycles. The molecule has 0 unspecified atom stereocenters. The fourth-order valence-electron chi connectivity index (χ4n) is 4.55. The number of aromatic nitrogens is 3. The molecule has 160 valence electrons. The topological polar surface area (TPSA) is 71.3 Å². The van der Waals surface area contributed by atoms with Gasteiger partial charge in [0.05, 0.1) is 11.9 Å². The number of hydrogen-bond acceptors (Lipinski definition) is 4. The number of benzene rings is 1. The van der Waals surface area contributed by atoms with E-state index in [2.05, 4.69) is 14.5 Å². The van der Waals surface area contributed by atoms with Gasteiger partial charge in [-0.05, 0) is 25.0 Å². The predicted molar refractivity (Wildman–Crippen MR) is 113 cm³/mol. The summed E-state index contributed by atoms with van der Waals surface area (Å²) in [6.45, 7) is 0.944. The molecule has 8 heteroatoms. The first kappa shape index (κ1) is 19.7. The second-order valence-electron chi connectivity index (χ2n) is 8.29. The summed E-state index contributed by atoms with van der Waals surface area (Å²) >= 11 is 0. The van der Waals surface area contributed by atoms with Gasteiger partial charge in [0.15, 0.2) is 5.65 Å². The van der Waals surface area contributed by atoms with Crippen molar-refractivity contribution >= 4 is 23.0 Å². The molecule has 1 aliphatic carbocycles. The summed E-state index contributed by atoms with van der Waals surface area (Å²) in [5.41, 5.74) is 2.40. The third kappa shape index (κ3) is 3.78. The summed E-state index contributed by atoms with van der Waals surface area (Å²) in [7, 11) is 0. The van der Waals surface area contributed by atoms with Crippen LogP contribution in [0.2, 0.25) is 0 Å². The van der Waals surface area contributed by atoms with Gasteiger partial charge in [-0.25, -0.2) is 14.4 Å². The third-order valence-electron chi connectivity index (χ3n) is 6.30. The molecule has 2 fully saturated rings. The highest BCUT2D eigenvalue weighted by Crippen LogP contribution is 2.31. The minimum Gasteiger partial charge on any atom is -0.335 e. The van der Waals surface area contributed by atoms with Gasteiger partial charge in [0.25, 0.3) is 5.91 Å². The number of piperazine rings is 1. The maximum Gasteiger partial charge on any atom is 0.256 e. The van der Waals surface area contributed by atoms with Crippen molar-refractivity contribution in [2.24, 2.45) is 0 Å². The number of amides is 2. The number of nitrogens with zero attached hydrogens (tertiary/aromatic N) is 5. The lowest BCUT2D eigenvalue weighted by Crippen LogP contribution is -2.51. The highest BCUT2D eigenvalue weighted by atomic mass is 19.1. The second kappa shape index (κ2) is 8.09. The van der Waals surface area contributed by atoms with Crippen LogP contribution < -0.4 is 0 Å².